The number of rotatable bonds is 2. The van der Waals surface area contributed by atoms with Gasteiger partial charge in [0.15, 0.2) is 5.43 Å². The summed E-state index contributed by atoms with van der Waals surface area (Å²) in [6.07, 6.45) is 2.51. The molecule has 4 heteroatoms. The summed E-state index contributed by atoms with van der Waals surface area (Å²) in [6, 6.07) is 9.56. The van der Waals surface area contributed by atoms with Crippen molar-refractivity contribution in [3.05, 3.63) is 57.9 Å². The van der Waals surface area contributed by atoms with Gasteiger partial charge in [-0.15, -0.1) is 0 Å². The number of hydrogen-bond acceptors (Lipinski definition) is 3. The lowest BCUT2D eigenvalue weighted by atomic mass is 9.97. The molecule has 2 heterocycles. The minimum atomic E-state index is -0.549. The van der Waals surface area contributed by atoms with Crippen molar-refractivity contribution >= 4 is 5.97 Å². The number of nitrogens with zero attached hydrogens (tertiary/aromatic N) is 1. The highest BCUT2D eigenvalue weighted by Gasteiger charge is 2.19. The average Bonchev–Trinajstić information content (AvgIpc) is 2.46. The van der Waals surface area contributed by atoms with Crippen LogP contribution in [0.4, 0.5) is 0 Å². The van der Waals surface area contributed by atoms with Crippen molar-refractivity contribution in [1.29, 1.82) is 0 Å². The number of pyridine rings is 1. The van der Waals surface area contributed by atoms with Crippen molar-refractivity contribution in [3.8, 4) is 11.3 Å². The van der Waals surface area contributed by atoms with Crippen LogP contribution in [-0.4, -0.2) is 17.1 Å². The maximum Gasteiger partial charge on any atom is 0.343 e. The molecule has 1 aliphatic rings. The Morgan fingerprint density at radius 2 is 2.15 bits per heavy atom. The number of carbonyl (C=O) groups is 1. The van der Waals surface area contributed by atoms with Crippen LogP contribution in [0.25, 0.3) is 11.3 Å². The zero-order valence-electron chi connectivity index (χ0n) is 11.3. The summed E-state index contributed by atoms with van der Waals surface area (Å²) in [5, 5.41) is 0. The van der Waals surface area contributed by atoms with Gasteiger partial charge in [-0.1, -0.05) is 24.3 Å². The molecule has 0 amide bonds. The maximum atomic E-state index is 12.1. The van der Waals surface area contributed by atoms with Gasteiger partial charge in [0, 0.05) is 24.4 Å². The summed E-state index contributed by atoms with van der Waals surface area (Å²) in [5.41, 5.74) is 2.98. The first-order chi connectivity index (χ1) is 9.70. The van der Waals surface area contributed by atoms with Gasteiger partial charge < -0.3 is 9.30 Å². The van der Waals surface area contributed by atoms with E-state index in [-0.39, 0.29) is 17.6 Å². The van der Waals surface area contributed by atoms with E-state index in [1.807, 2.05) is 22.8 Å². The van der Waals surface area contributed by atoms with E-state index in [0.717, 1.165) is 24.2 Å². The summed E-state index contributed by atoms with van der Waals surface area (Å²) >= 11 is 0. The van der Waals surface area contributed by atoms with Gasteiger partial charge in [0.05, 0.1) is 12.3 Å². The molecule has 1 aromatic heterocycles. The topological polar surface area (TPSA) is 48.3 Å². The Balaban J connectivity index is 2.13. The number of aryl methyl sites for hydroxylation is 2. The van der Waals surface area contributed by atoms with E-state index >= 15 is 0 Å². The third kappa shape index (κ3) is 2.03. The van der Waals surface area contributed by atoms with Gasteiger partial charge in [-0.05, 0) is 18.9 Å². The van der Waals surface area contributed by atoms with Crippen LogP contribution in [0.5, 0.6) is 0 Å². The number of ether oxygens (including phenoxy) is 1. The van der Waals surface area contributed by atoms with Crippen molar-refractivity contribution in [2.45, 2.75) is 19.9 Å². The highest BCUT2D eigenvalue weighted by atomic mass is 16.5. The maximum absolute atomic E-state index is 12.1. The van der Waals surface area contributed by atoms with E-state index in [1.54, 1.807) is 13.1 Å². The Labute approximate surface area is 116 Å². The van der Waals surface area contributed by atoms with Gasteiger partial charge in [0.25, 0.3) is 0 Å². The van der Waals surface area contributed by atoms with Crippen LogP contribution in [0.15, 0.2) is 41.3 Å². The molecule has 0 saturated heterocycles. The Kier molecular flexibility index (Phi) is 3.14. The fraction of sp³-hybridized carbons (Fsp3) is 0.250. The molecule has 0 unspecified atom stereocenters. The van der Waals surface area contributed by atoms with Gasteiger partial charge in [-0.25, -0.2) is 4.79 Å². The molecule has 0 fully saturated rings. The molecule has 0 radical (unpaired) electrons. The normalized spacial score (nSPS) is 12.4. The molecular formula is C16H15NO3. The second-order valence-corrected chi connectivity index (χ2v) is 4.76. The van der Waals surface area contributed by atoms with Gasteiger partial charge in [-0.2, -0.15) is 0 Å². The van der Waals surface area contributed by atoms with Gasteiger partial charge >= 0.3 is 5.97 Å². The number of esters is 1. The zero-order chi connectivity index (χ0) is 14.1. The fourth-order valence-electron chi connectivity index (χ4n) is 2.58. The predicted octanol–water partition coefficient (Wildman–Crippen LogP) is 2.25. The van der Waals surface area contributed by atoms with Crippen LogP contribution in [-0.2, 0) is 17.7 Å². The number of aromatic nitrogens is 1. The standard InChI is InChI=1S/C16H15NO3/c1-2-20-16(19)13-10-17-8-7-11-5-3-4-6-12(11)14(17)9-15(13)18/h3-6,9-10H,2,7-8H2,1H3. The lowest BCUT2D eigenvalue weighted by molar-refractivity contribution is 0.0524. The van der Waals surface area contributed by atoms with Crippen LogP contribution < -0.4 is 5.43 Å². The van der Waals surface area contributed by atoms with E-state index in [0.29, 0.717) is 0 Å². The van der Waals surface area contributed by atoms with Crippen LogP contribution in [0, 0.1) is 0 Å². The smallest absolute Gasteiger partial charge is 0.343 e. The summed E-state index contributed by atoms with van der Waals surface area (Å²) in [4.78, 5) is 23.9. The Hall–Kier alpha value is -2.36. The minimum absolute atomic E-state index is 0.106. The van der Waals surface area contributed by atoms with Crippen molar-refractivity contribution in [3.63, 3.8) is 0 Å². The molecule has 4 nitrogen and oxygen atoms in total. The Bertz CT molecular complexity index is 731. The fourth-order valence-corrected chi connectivity index (χ4v) is 2.58. The second-order valence-electron chi connectivity index (χ2n) is 4.76. The average molecular weight is 269 g/mol. The number of hydrogen-bond donors (Lipinski definition) is 0. The Morgan fingerprint density at radius 3 is 2.95 bits per heavy atom. The monoisotopic (exact) mass is 269 g/mol. The van der Waals surface area contributed by atoms with E-state index in [4.69, 9.17) is 4.74 Å². The molecule has 0 bridgehead atoms. The van der Waals surface area contributed by atoms with E-state index in [2.05, 4.69) is 6.07 Å². The molecule has 1 aliphatic heterocycles. The molecule has 20 heavy (non-hydrogen) atoms. The molecule has 0 saturated carbocycles. The Morgan fingerprint density at radius 1 is 1.35 bits per heavy atom. The lowest BCUT2D eigenvalue weighted by Crippen LogP contribution is -2.23. The summed E-state index contributed by atoms with van der Waals surface area (Å²) in [7, 11) is 0. The van der Waals surface area contributed by atoms with Gasteiger partial charge in [0.1, 0.15) is 5.56 Å². The van der Waals surface area contributed by atoms with E-state index in [9.17, 15) is 9.59 Å². The quantitative estimate of drug-likeness (QED) is 0.786. The third-order valence-electron chi connectivity index (χ3n) is 3.54. The van der Waals surface area contributed by atoms with Crippen LogP contribution in [0.1, 0.15) is 22.8 Å². The molecule has 1 aromatic carbocycles. The highest BCUT2D eigenvalue weighted by Crippen LogP contribution is 2.28. The SMILES string of the molecule is CCOC(=O)c1cn2c(cc1=O)-c1ccccc1CC2. The summed E-state index contributed by atoms with van der Waals surface area (Å²) in [5.74, 6) is -0.549. The first-order valence-corrected chi connectivity index (χ1v) is 6.70. The highest BCUT2D eigenvalue weighted by molar-refractivity contribution is 5.89. The number of fused-ring (bicyclic) bond motifs is 3. The van der Waals surface area contributed by atoms with Crippen molar-refractivity contribution in [2.24, 2.45) is 0 Å². The minimum Gasteiger partial charge on any atom is -0.462 e. The molecule has 0 aliphatic carbocycles. The molecule has 0 spiro atoms. The predicted molar refractivity (Wildman–Crippen MR) is 75.8 cm³/mol. The van der Waals surface area contributed by atoms with Crippen molar-refractivity contribution in [1.82, 2.24) is 4.57 Å². The van der Waals surface area contributed by atoms with Crippen molar-refractivity contribution in [2.75, 3.05) is 6.61 Å². The van der Waals surface area contributed by atoms with Gasteiger partial charge in [-0.3, -0.25) is 4.79 Å². The van der Waals surface area contributed by atoms with E-state index < -0.39 is 5.97 Å². The van der Waals surface area contributed by atoms with Crippen LogP contribution in [0.2, 0.25) is 0 Å². The molecule has 3 rings (SSSR count). The summed E-state index contributed by atoms with van der Waals surface area (Å²) in [6.45, 7) is 2.76. The van der Waals surface area contributed by atoms with Crippen LogP contribution >= 0.6 is 0 Å². The largest absolute Gasteiger partial charge is 0.462 e. The molecule has 0 atom stereocenters. The van der Waals surface area contributed by atoms with Gasteiger partial charge in [0.2, 0.25) is 0 Å². The number of benzene rings is 1. The first-order valence-electron chi connectivity index (χ1n) is 6.70. The molecule has 0 N–H and O–H groups in total. The molecule has 102 valence electrons. The van der Waals surface area contributed by atoms with Crippen LogP contribution in [0.3, 0.4) is 0 Å². The van der Waals surface area contributed by atoms with E-state index in [1.165, 1.54) is 11.6 Å². The lowest BCUT2D eigenvalue weighted by Gasteiger charge is -2.22. The molecule has 2 aromatic rings. The third-order valence-corrected chi connectivity index (χ3v) is 3.54. The zero-order valence-corrected chi connectivity index (χ0v) is 11.3. The first kappa shape index (κ1) is 12.7. The van der Waals surface area contributed by atoms with Crippen molar-refractivity contribution < 1.29 is 9.53 Å². The number of carbonyl (C=O) groups excluding carboxylic acids is 1. The second kappa shape index (κ2) is 4.96. The molecular weight excluding hydrogens is 254 g/mol. The summed E-state index contributed by atoms with van der Waals surface area (Å²) < 4.78 is 6.87.